The van der Waals surface area contributed by atoms with E-state index in [0.29, 0.717) is 22.3 Å². The van der Waals surface area contributed by atoms with Crippen molar-refractivity contribution < 1.29 is 9.90 Å². The third-order valence-electron chi connectivity index (χ3n) is 6.70. The molecule has 1 aromatic carbocycles. The first-order valence-corrected chi connectivity index (χ1v) is 11.4. The van der Waals surface area contributed by atoms with Crippen molar-refractivity contribution in [3.8, 4) is 0 Å². The van der Waals surface area contributed by atoms with Crippen LogP contribution in [0.4, 0.5) is 11.5 Å². The van der Waals surface area contributed by atoms with Gasteiger partial charge in [-0.3, -0.25) is 9.20 Å². The number of para-hydroxylation sites is 1. The lowest BCUT2D eigenvalue weighted by Crippen LogP contribution is -2.39. The third-order valence-corrected chi connectivity index (χ3v) is 6.70. The number of fused-ring (bicyclic) bond motifs is 1. The molecule has 0 bridgehead atoms. The molecule has 33 heavy (non-hydrogen) atoms. The van der Waals surface area contributed by atoms with Crippen LogP contribution in [0.5, 0.6) is 0 Å². The molecule has 0 radical (unpaired) electrons. The molecule has 1 fully saturated rings. The van der Waals surface area contributed by atoms with Crippen LogP contribution in [0.25, 0.3) is 5.65 Å². The fourth-order valence-electron chi connectivity index (χ4n) is 4.54. The first kappa shape index (κ1) is 22.8. The number of aromatic nitrogens is 2. The molecule has 0 unspecified atom stereocenters. The largest absolute Gasteiger partial charge is 0.478 e. The van der Waals surface area contributed by atoms with E-state index in [1.165, 1.54) is 0 Å². The van der Waals surface area contributed by atoms with Crippen molar-refractivity contribution in [3.05, 3.63) is 69.1 Å². The number of hydrogen-bond acceptors (Lipinski definition) is 5. The monoisotopic (exact) mass is 448 g/mol. The Labute approximate surface area is 194 Å². The zero-order chi connectivity index (χ0) is 23.9. The van der Waals surface area contributed by atoms with Crippen LogP contribution in [0.3, 0.4) is 0 Å². The first-order valence-electron chi connectivity index (χ1n) is 11.4. The Morgan fingerprint density at radius 1 is 1.18 bits per heavy atom. The maximum atomic E-state index is 13.3. The van der Waals surface area contributed by atoms with Crippen molar-refractivity contribution in [1.29, 1.82) is 0 Å². The van der Waals surface area contributed by atoms with Gasteiger partial charge in [0.2, 0.25) is 0 Å². The lowest BCUT2D eigenvalue weighted by molar-refractivity contribution is 0.0698. The molecule has 0 saturated carbocycles. The minimum absolute atomic E-state index is 0.0667. The Morgan fingerprint density at radius 3 is 2.52 bits per heavy atom. The van der Waals surface area contributed by atoms with Gasteiger partial charge in [0.1, 0.15) is 11.5 Å². The van der Waals surface area contributed by atoms with Gasteiger partial charge in [-0.2, -0.15) is 0 Å². The van der Waals surface area contributed by atoms with Gasteiger partial charge < -0.3 is 15.3 Å². The van der Waals surface area contributed by atoms with E-state index in [-0.39, 0.29) is 17.2 Å². The van der Waals surface area contributed by atoms with Crippen molar-refractivity contribution in [3.63, 3.8) is 0 Å². The van der Waals surface area contributed by atoms with Crippen LogP contribution in [0.15, 0.2) is 41.3 Å². The molecule has 1 saturated heterocycles. The number of anilines is 2. The first-order chi connectivity index (χ1) is 15.6. The van der Waals surface area contributed by atoms with Gasteiger partial charge in [-0.1, -0.05) is 26.0 Å². The number of piperidine rings is 1. The molecule has 2 aromatic heterocycles. The second-order valence-corrected chi connectivity index (χ2v) is 9.90. The fraction of sp³-hybridized carbons (Fsp3) is 0.423. The quantitative estimate of drug-likeness (QED) is 0.583. The van der Waals surface area contributed by atoms with Crippen LogP contribution >= 0.6 is 0 Å². The number of aromatic carboxylic acids is 1. The maximum absolute atomic E-state index is 13.3. The Balaban J connectivity index is 1.80. The van der Waals surface area contributed by atoms with E-state index < -0.39 is 5.97 Å². The van der Waals surface area contributed by atoms with Gasteiger partial charge in [0.25, 0.3) is 5.56 Å². The number of carboxylic acid groups (broad SMARTS) is 1. The molecule has 1 aliphatic heterocycles. The predicted molar refractivity (Wildman–Crippen MR) is 132 cm³/mol. The molecule has 3 aromatic rings. The molecule has 2 N–H and O–H groups in total. The van der Waals surface area contributed by atoms with Crippen LogP contribution in [0.1, 0.15) is 66.7 Å². The number of pyridine rings is 1. The Bertz CT molecular complexity index is 1270. The van der Waals surface area contributed by atoms with Crippen LogP contribution in [0.2, 0.25) is 0 Å². The summed E-state index contributed by atoms with van der Waals surface area (Å²) < 4.78 is 1.62. The lowest BCUT2D eigenvalue weighted by atomic mass is 9.82. The minimum Gasteiger partial charge on any atom is -0.478 e. The van der Waals surface area contributed by atoms with Gasteiger partial charge in [0, 0.05) is 30.5 Å². The van der Waals surface area contributed by atoms with E-state index in [2.05, 4.69) is 24.1 Å². The van der Waals surface area contributed by atoms with Crippen molar-refractivity contribution in [1.82, 2.24) is 9.38 Å². The molecular weight excluding hydrogens is 416 g/mol. The molecule has 4 rings (SSSR count). The maximum Gasteiger partial charge on any atom is 0.337 e. The molecule has 0 amide bonds. The van der Waals surface area contributed by atoms with E-state index >= 15 is 0 Å². The molecular formula is C26H32N4O3. The summed E-state index contributed by atoms with van der Waals surface area (Å²) in [5.74, 6) is -0.238. The number of nitrogens with one attached hydrogen (secondary N) is 1. The van der Waals surface area contributed by atoms with E-state index in [1.54, 1.807) is 28.7 Å². The van der Waals surface area contributed by atoms with Crippen molar-refractivity contribution >= 4 is 23.1 Å². The van der Waals surface area contributed by atoms with Gasteiger partial charge in [-0.05, 0) is 62.8 Å². The molecule has 1 aliphatic rings. The lowest BCUT2D eigenvalue weighted by Gasteiger charge is -2.38. The summed E-state index contributed by atoms with van der Waals surface area (Å²) in [4.78, 5) is 32.2. The minimum atomic E-state index is -0.986. The molecule has 0 aliphatic carbocycles. The average molecular weight is 449 g/mol. The molecule has 3 heterocycles. The number of benzene rings is 1. The molecule has 1 atom stereocenters. The van der Waals surface area contributed by atoms with Gasteiger partial charge in [0.05, 0.1) is 17.2 Å². The summed E-state index contributed by atoms with van der Waals surface area (Å²) in [5.41, 5.74) is 4.02. The highest BCUT2D eigenvalue weighted by Crippen LogP contribution is 2.33. The van der Waals surface area contributed by atoms with E-state index in [0.717, 1.165) is 42.9 Å². The summed E-state index contributed by atoms with van der Waals surface area (Å²) in [6, 6.07) is 8.59. The summed E-state index contributed by atoms with van der Waals surface area (Å²) in [6.45, 7) is 12.1. The number of nitrogens with zero attached hydrogens (tertiary/aromatic N) is 3. The second kappa shape index (κ2) is 8.54. The summed E-state index contributed by atoms with van der Waals surface area (Å²) in [5, 5.41) is 12.9. The van der Waals surface area contributed by atoms with E-state index in [1.807, 2.05) is 33.0 Å². The Hall–Kier alpha value is -3.35. The second-order valence-electron chi connectivity index (χ2n) is 9.90. The van der Waals surface area contributed by atoms with Gasteiger partial charge in [0.15, 0.2) is 0 Å². The van der Waals surface area contributed by atoms with Crippen LogP contribution in [-0.2, 0) is 0 Å². The fourth-order valence-corrected chi connectivity index (χ4v) is 4.54. The summed E-state index contributed by atoms with van der Waals surface area (Å²) >= 11 is 0. The average Bonchev–Trinajstić information content (AvgIpc) is 2.76. The third kappa shape index (κ3) is 4.45. The Kier molecular flexibility index (Phi) is 5.91. The normalized spacial score (nSPS) is 16.6. The van der Waals surface area contributed by atoms with Crippen LogP contribution in [0, 0.1) is 19.3 Å². The zero-order valence-electron chi connectivity index (χ0n) is 20.0. The number of hydrogen-bond donors (Lipinski definition) is 2. The highest BCUT2D eigenvalue weighted by Gasteiger charge is 2.28. The van der Waals surface area contributed by atoms with E-state index in [9.17, 15) is 14.7 Å². The number of carboxylic acids is 1. The van der Waals surface area contributed by atoms with E-state index in [4.69, 9.17) is 4.98 Å². The molecule has 174 valence electrons. The Morgan fingerprint density at radius 2 is 1.85 bits per heavy atom. The number of aryl methyl sites for hydroxylation is 1. The highest BCUT2D eigenvalue weighted by atomic mass is 16.4. The highest BCUT2D eigenvalue weighted by molar-refractivity contribution is 5.94. The number of rotatable bonds is 5. The standard InChI is InChI=1S/C26H32N4O3/c1-16-14-20(18(3)27-21-9-7-6-8-19(21)25(32)33)23-28-22(17(2)24(31)30(23)15-16)29-12-10-26(4,5)11-13-29/h6-9,14-15,18,27H,10-13H2,1-5H3,(H,32,33)/t18-/m1/s1. The predicted octanol–water partition coefficient (Wildman–Crippen LogP) is 4.81. The smallest absolute Gasteiger partial charge is 0.337 e. The number of carbonyl (C=O) groups is 1. The van der Waals surface area contributed by atoms with Crippen molar-refractivity contribution in [2.24, 2.45) is 5.41 Å². The van der Waals surface area contributed by atoms with Gasteiger partial charge in [-0.15, -0.1) is 0 Å². The topological polar surface area (TPSA) is 86.9 Å². The van der Waals surface area contributed by atoms with Gasteiger partial charge >= 0.3 is 5.97 Å². The van der Waals surface area contributed by atoms with Crippen LogP contribution in [-0.4, -0.2) is 33.6 Å². The van der Waals surface area contributed by atoms with Crippen molar-refractivity contribution in [2.45, 2.75) is 53.5 Å². The molecule has 0 spiro atoms. The molecule has 7 nitrogen and oxygen atoms in total. The summed E-state index contributed by atoms with van der Waals surface area (Å²) in [7, 11) is 0. The van der Waals surface area contributed by atoms with Crippen LogP contribution < -0.4 is 15.8 Å². The molecule has 7 heteroatoms. The summed E-state index contributed by atoms with van der Waals surface area (Å²) in [6.07, 6.45) is 3.93. The zero-order valence-corrected chi connectivity index (χ0v) is 20.0. The SMILES string of the molecule is Cc1cc([C@@H](C)Nc2ccccc2C(=O)O)c2nc(N3CCC(C)(C)CC3)c(C)c(=O)n2c1. The van der Waals surface area contributed by atoms with Crippen molar-refractivity contribution in [2.75, 3.05) is 23.3 Å². The van der Waals surface area contributed by atoms with Gasteiger partial charge in [-0.25, -0.2) is 9.78 Å².